The lowest BCUT2D eigenvalue weighted by molar-refractivity contribution is -0.480. The average Bonchev–Trinajstić information content (AvgIpc) is 3.34. The first-order valence-electron chi connectivity index (χ1n) is 9.83. The Morgan fingerprint density at radius 3 is 2.55 bits per heavy atom. The van der Waals surface area contributed by atoms with Crippen molar-refractivity contribution in [1.82, 2.24) is 19.8 Å². The molecule has 9 nitrogen and oxygen atoms in total. The van der Waals surface area contributed by atoms with Gasteiger partial charge < -0.3 is 0 Å². The van der Waals surface area contributed by atoms with Crippen LogP contribution in [0.3, 0.4) is 0 Å². The highest BCUT2D eigenvalue weighted by Gasteiger charge is 2.32. The minimum atomic E-state index is -0.347. The van der Waals surface area contributed by atoms with Crippen LogP contribution in [0.15, 0.2) is 36.5 Å². The van der Waals surface area contributed by atoms with Crippen molar-refractivity contribution in [2.45, 2.75) is 39.0 Å². The summed E-state index contributed by atoms with van der Waals surface area (Å²) in [6.45, 7) is 2.76. The van der Waals surface area contributed by atoms with E-state index in [1.54, 1.807) is 10.9 Å². The van der Waals surface area contributed by atoms with Crippen molar-refractivity contribution in [3.63, 3.8) is 0 Å². The largest absolute Gasteiger partial charge is 0.275 e. The molecule has 9 heteroatoms. The first-order chi connectivity index (χ1) is 14.0. The Morgan fingerprint density at radius 1 is 1.10 bits per heavy atom. The molecule has 0 N–H and O–H groups in total. The SMILES string of the molecule is Cc1c(C(=O)N2CCCN2C(=O)CCCCC[N+](=O)[O-])cnn1-c1ccccc1. The summed E-state index contributed by atoms with van der Waals surface area (Å²) in [5.41, 5.74) is 2.06. The third kappa shape index (κ3) is 4.79. The lowest BCUT2D eigenvalue weighted by atomic mass is 10.2. The third-order valence-electron chi connectivity index (χ3n) is 5.03. The number of benzene rings is 1. The molecule has 2 heterocycles. The topological polar surface area (TPSA) is 102 Å². The fraction of sp³-hybridized carbons (Fsp3) is 0.450. The van der Waals surface area contributed by atoms with E-state index < -0.39 is 0 Å². The number of nitro groups is 1. The van der Waals surface area contributed by atoms with Crippen LogP contribution in [0.1, 0.15) is 48.2 Å². The van der Waals surface area contributed by atoms with Gasteiger partial charge in [-0.3, -0.25) is 24.7 Å². The summed E-state index contributed by atoms with van der Waals surface area (Å²) in [4.78, 5) is 35.7. The van der Waals surface area contributed by atoms with E-state index in [0.717, 1.165) is 17.8 Å². The Bertz CT molecular complexity index is 880. The zero-order valence-corrected chi connectivity index (χ0v) is 16.5. The molecule has 1 aromatic carbocycles. The normalized spacial score (nSPS) is 13.7. The number of hydrazine groups is 1. The van der Waals surface area contributed by atoms with E-state index in [-0.39, 0.29) is 29.7 Å². The minimum Gasteiger partial charge on any atom is -0.273 e. The Labute approximate surface area is 169 Å². The smallest absolute Gasteiger partial charge is 0.273 e. The molecule has 0 bridgehead atoms. The second-order valence-corrected chi connectivity index (χ2v) is 7.06. The van der Waals surface area contributed by atoms with Gasteiger partial charge in [-0.25, -0.2) is 9.69 Å². The maximum absolute atomic E-state index is 13.1. The van der Waals surface area contributed by atoms with Gasteiger partial charge in [-0.2, -0.15) is 5.10 Å². The van der Waals surface area contributed by atoms with Crippen molar-refractivity contribution in [3.05, 3.63) is 57.9 Å². The quantitative estimate of drug-likeness (QED) is 0.386. The second kappa shape index (κ2) is 9.31. The zero-order valence-electron chi connectivity index (χ0n) is 16.5. The molecule has 1 fully saturated rings. The first-order valence-corrected chi connectivity index (χ1v) is 9.83. The Morgan fingerprint density at radius 2 is 1.83 bits per heavy atom. The van der Waals surface area contributed by atoms with Crippen LogP contribution in [0.5, 0.6) is 0 Å². The van der Waals surface area contributed by atoms with Crippen LogP contribution in [0.2, 0.25) is 0 Å². The standard InChI is InChI=1S/C20H25N5O4/c1-16-18(15-21-25(16)17-9-4-2-5-10-17)20(27)23-13-8-12-22(23)19(26)11-6-3-7-14-24(28)29/h2,4-5,9-10,15H,3,6-8,11-14H2,1H3. The summed E-state index contributed by atoms with van der Waals surface area (Å²) in [6.07, 6.45) is 4.21. The van der Waals surface area contributed by atoms with E-state index in [2.05, 4.69) is 5.10 Å². The molecule has 0 atom stereocenters. The van der Waals surface area contributed by atoms with Gasteiger partial charge >= 0.3 is 0 Å². The first kappa shape index (κ1) is 20.5. The number of hydrogen-bond acceptors (Lipinski definition) is 5. The molecule has 2 aromatic rings. The molecule has 154 valence electrons. The van der Waals surface area contributed by atoms with E-state index in [1.165, 1.54) is 10.0 Å². The summed E-state index contributed by atoms with van der Waals surface area (Å²) in [7, 11) is 0. The fourth-order valence-electron chi connectivity index (χ4n) is 3.49. The van der Waals surface area contributed by atoms with Crippen molar-refractivity contribution in [1.29, 1.82) is 0 Å². The molecular weight excluding hydrogens is 374 g/mol. The van der Waals surface area contributed by atoms with Crippen molar-refractivity contribution < 1.29 is 14.5 Å². The number of hydrogen-bond donors (Lipinski definition) is 0. The highest BCUT2D eigenvalue weighted by atomic mass is 16.6. The molecule has 0 unspecified atom stereocenters. The fourth-order valence-corrected chi connectivity index (χ4v) is 3.49. The van der Waals surface area contributed by atoms with Gasteiger partial charge in [-0.05, 0) is 38.3 Å². The molecule has 1 saturated heterocycles. The predicted octanol–water partition coefficient (Wildman–Crippen LogP) is 2.61. The van der Waals surface area contributed by atoms with Gasteiger partial charge in [0.2, 0.25) is 12.5 Å². The molecule has 1 aliphatic rings. The minimum absolute atomic E-state index is 0.0762. The third-order valence-corrected chi connectivity index (χ3v) is 5.03. The van der Waals surface area contributed by atoms with E-state index in [9.17, 15) is 19.7 Å². The van der Waals surface area contributed by atoms with Gasteiger partial charge in [0.15, 0.2) is 0 Å². The monoisotopic (exact) mass is 399 g/mol. The summed E-state index contributed by atoms with van der Waals surface area (Å²) in [6, 6.07) is 9.56. The van der Waals surface area contributed by atoms with Gasteiger partial charge in [0.05, 0.1) is 23.1 Å². The van der Waals surface area contributed by atoms with Gasteiger partial charge in [0.1, 0.15) is 0 Å². The number of carbonyl (C=O) groups is 2. The van der Waals surface area contributed by atoms with Crippen LogP contribution < -0.4 is 0 Å². The molecule has 1 aromatic heterocycles. The van der Waals surface area contributed by atoms with Crippen LogP contribution in [0.4, 0.5) is 0 Å². The van der Waals surface area contributed by atoms with Crippen LogP contribution in [-0.4, -0.2) is 56.2 Å². The maximum Gasteiger partial charge on any atom is 0.275 e. The van der Waals surface area contributed by atoms with Gasteiger partial charge in [0, 0.05) is 30.9 Å². The number of nitrogens with zero attached hydrogens (tertiary/aromatic N) is 5. The average molecular weight is 399 g/mol. The number of unbranched alkanes of at least 4 members (excludes halogenated alkanes) is 2. The summed E-state index contributed by atoms with van der Waals surface area (Å²) in [5, 5.41) is 17.7. The molecule has 0 radical (unpaired) electrons. The van der Waals surface area contributed by atoms with Gasteiger partial charge in [0.25, 0.3) is 5.91 Å². The van der Waals surface area contributed by atoms with Crippen LogP contribution >= 0.6 is 0 Å². The van der Waals surface area contributed by atoms with E-state index >= 15 is 0 Å². The molecule has 0 spiro atoms. The Balaban J connectivity index is 1.64. The van der Waals surface area contributed by atoms with Crippen molar-refractivity contribution in [3.8, 4) is 5.69 Å². The lowest BCUT2D eigenvalue weighted by Crippen LogP contribution is -2.44. The number of amides is 2. The molecule has 0 saturated carbocycles. The Hall–Kier alpha value is -3.23. The van der Waals surface area contributed by atoms with Crippen molar-refractivity contribution in [2.75, 3.05) is 19.6 Å². The Kier molecular flexibility index (Phi) is 6.58. The second-order valence-electron chi connectivity index (χ2n) is 7.06. The maximum atomic E-state index is 13.1. The number of rotatable bonds is 8. The molecular formula is C20H25N5O4. The summed E-state index contributed by atoms with van der Waals surface area (Å²) >= 11 is 0. The van der Waals surface area contributed by atoms with E-state index in [1.807, 2.05) is 37.3 Å². The molecule has 1 aliphatic heterocycles. The van der Waals surface area contributed by atoms with Gasteiger partial charge in [-0.1, -0.05) is 18.2 Å². The van der Waals surface area contributed by atoms with Crippen LogP contribution in [0.25, 0.3) is 5.69 Å². The summed E-state index contributed by atoms with van der Waals surface area (Å²) in [5.74, 6) is -0.353. The van der Waals surface area contributed by atoms with E-state index in [0.29, 0.717) is 37.9 Å². The molecule has 29 heavy (non-hydrogen) atoms. The highest BCUT2D eigenvalue weighted by molar-refractivity contribution is 5.96. The zero-order chi connectivity index (χ0) is 20.8. The number of carbonyl (C=O) groups excluding carboxylic acids is 2. The van der Waals surface area contributed by atoms with Crippen LogP contribution in [0, 0.1) is 17.0 Å². The molecule has 0 aliphatic carbocycles. The predicted molar refractivity (Wildman–Crippen MR) is 106 cm³/mol. The van der Waals surface area contributed by atoms with Crippen molar-refractivity contribution >= 4 is 11.8 Å². The molecule has 3 rings (SSSR count). The number of aromatic nitrogens is 2. The molecule has 2 amide bonds. The van der Waals surface area contributed by atoms with Crippen molar-refractivity contribution in [2.24, 2.45) is 0 Å². The van der Waals surface area contributed by atoms with Gasteiger partial charge in [-0.15, -0.1) is 0 Å². The van der Waals surface area contributed by atoms with Crippen LogP contribution in [-0.2, 0) is 4.79 Å². The highest BCUT2D eigenvalue weighted by Crippen LogP contribution is 2.20. The lowest BCUT2D eigenvalue weighted by Gasteiger charge is -2.28. The number of para-hydroxylation sites is 1. The van der Waals surface area contributed by atoms with E-state index in [4.69, 9.17) is 0 Å². The summed E-state index contributed by atoms with van der Waals surface area (Å²) < 4.78 is 1.71.